The van der Waals surface area contributed by atoms with E-state index in [1.807, 2.05) is 30.3 Å². The zero-order chi connectivity index (χ0) is 20.2. The van der Waals surface area contributed by atoms with Crippen LogP contribution in [0.2, 0.25) is 0 Å². The van der Waals surface area contributed by atoms with Crippen LogP contribution in [0.1, 0.15) is 5.56 Å². The van der Waals surface area contributed by atoms with Crippen molar-refractivity contribution >= 4 is 22.5 Å². The molecule has 2 heterocycles. The van der Waals surface area contributed by atoms with Crippen molar-refractivity contribution in [3.63, 3.8) is 0 Å². The normalized spacial score (nSPS) is 10.7. The zero-order valence-corrected chi connectivity index (χ0v) is 15.7. The number of aromatic amines is 1. The number of H-pyrrole nitrogens is 1. The van der Waals surface area contributed by atoms with Gasteiger partial charge >= 0.3 is 6.01 Å². The van der Waals surface area contributed by atoms with Gasteiger partial charge in [0.1, 0.15) is 5.75 Å². The third-order valence-electron chi connectivity index (χ3n) is 4.50. The van der Waals surface area contributed by atoms with E-state index in [1.165, 1.54) is 12.4 Å². The maximum absolute atomic E-state index is 12.5. The fraction of sp³-hybridized carbons (Fsp3) is 0.0909. The fourth-order valence-corrected chi connectivity index (χ4v) is 2.90. The van der Waals surface area contributed by atoms with Crippen LogP contribution in [0.3, 0.4) is 0 Å². The minimum absolute atomic E-state index is 0.0158. The predicted octanol–water partition coefficient (Wildman–Crippen LogP) is 3.32. The van der Waals surface area contributed by atoms with E-state index in [-0.39, 0.29) is 17.5 Å². The van der Waals surface area contributed by atoms with Gasteiger partial charge in [-0.15, -0.1) is 0 Å². The Labute approximate surface area is 166 Å². The third kappa shape index (κ3) is 4.14. The number of carbonyl (C=O) groups is 1. The van der Waals surface area contributed by atoms with Crippen LogP contribution in [0.15, 0.2) is 77.9 Å². The summed E-state index contributed by atoms with van der Waals surface area (Å²) in [5.41, 5.74) is 1.86. The van der Waals surface area contributed by atoms with Crippen molar-refractivity contribution in [3.8, 4) is 11.8 Å². The van der Waals surface area contributed by atoms with Gasteiger partial charge in [-0.25, -0.2) is 0 Å². The molecule has 144 valence electrons. The Bertz CT molecular complexity index is 1200. The Morgan fingerprint density at radius 3 is 2.59 bits per heavy atom. The highest BCUT2D eigenvalue weighted by Gasteiger charge is 2.12. The summed E-state index contributed by atoms with van der Waals surface area (Å²) in [6.07, 6.45) is 3.37. The molecule has 0 aliphatic heterocycles. The van der Waals surface area contributed by atoms with Crippen molar-refractivity contribution in [2.75, 3.05) is 11.9 Å². The number of fused-ring (bicyclic) bond motifs is 1. The van der Waals surface area contributed by atoms with E-state index in [1.54, 1.807) is 42.3 Å². The number of pyridine rings is 1. The first kappa shape index (κ1) is 18.4. The Balaban J connectivity index is 1.48. The topological polar surface area (TPSA) is 88.2 Å². The van der Waals surface area contributed by atoms with Crippen LogP contribution >= 0.6 is 0 Å². The second kappa shape index (κ2) is 7.93. The quantitative estimate of drug-likeness (QED) is 0.568. The minimum Gasteiger partial charge on any atom is -0.426 e. The number of nitrogens with one attached hydrogen (secondary N) is 1. The molecule has 0 aliphatic rings. The monoisotopic (exact) mass is 386 g/mol. The van der Waals surface area contributed by atoms with Crippen LogP contribution in [-0.2, 0) is 11.2 Å². The Kier molecular flexibility index (Phi) is 5.03. The van der Waals surface area contributed by atoms with Crippen LogP contribution in [-0.4, -0.2) is 27.9 Å². The van der Waals surface area contributed by atoms with E-state index in [0.717, 1.165) is 11.3 Å². The van der Waals surface area contributed by atoms with Crippen molar-refractivity contribution in [3.05, 3.63) is 89.0 Å². The SMILES string of the molecule is CN(C(=O)Cc1ccccc1)c1ccc(Oc2nc3cnccc3c(=O)[nH]2)cc1. The van der Waals surface area contributed by atoms with Gasteiger partial charge in [0.05, 0.1) is 23.5 Å². The number of nitrogens with zero attached hydrogens (tertiary/aromatic N) is 3. The summed E-state index contributed by atoms with van der Waals surface area (Å²) in [5, 5.41) is 0.446. The number of amides is 1. The maximum Gasteiger partial charge on any atom is 0.302 e. The molecule has 1 amide bonds. The van der Waals surface area contributed by atoms with E-state index >= 15 is 0 Å². The van der Waals surface area contributed by atoms with Crippen molar-refractivity contribution in [1.82, 2.24) is 15.0 Å². The van der Waals surface area contributed by atoms with Gasteiger partial charge in [0.2, 0.25) is 5.91 Å². The van der Waals surface area contributed by atoms with Gasteiger partial charge in [0, 0.05) is 18.9 Å². The van der Waals surface area contributed by atoms with Crippen molar-refractivity contribution in [2.24, 2.45) is 0 Å². The zero-order valence-electron chi connectivity index (χ0n) is 15.7. The third-order valence-corrected chi connectivity index (χ3v) is 4.50. The lowest BCUT2D eigenvalue weighted by atomic mass is 10.1. The average molecular weight is 386 g/mol. The molecule has 2 aromatic heterocycles. The van der Waals surface area contributed by atoms with Gasteiger partial charge in [-0.05, 0) is 35.9 Å². The molecule has 0 fully saturated rings. The number of aromatic nitrogens is 3. The maximum atomic E-state index is 12.5. The molecule has 0 spiro atoms. The molecule has 0 saturated carbocycles. The molecule has 2 aromatic carbocycles. The molecular formula is C22H18N4O3. The lowest BCUT2D eigenvalue weighted by Gasteiger charge is -2.18. The number of likely N-dealkylation sites (N-methyl/N-ethyl adjacent to an activating group) is 1. The number of carbonyl (C=O) groups excluding carboxylic acids is 1. The summed E-state index contributed by atoms with van der Waals surface area (Å²) >= 11 is 0. The van der Waals surface area contributed by atoms with Crippen LogP contribution < -0.4 is 15.2 Å². The number of rotatable bonds is 5. The molecule has 0 bridgehead atoms. The summed E-state index contributed by atoms with van der Waals surface area (Å²) in [7, 11) is 1.73. The summed E-state index contributed by atoms with van der Waals surface area (Å²) in [6, 6.07) is 18.3. The highest BCUT2D eigenvalue weighted by molar-refractivity contribution is 5.94. The summed E-state index contributed by atoms with van der Waals surface area (Å²) in [5.74, 6) is 0.474. The number of hydrogen-bond donors (Lipinski definition) is 1. The molecule has 4 rings (SSSR count). The summed E-state index contributed by atoms with van der Waals surface area (Å²) in [4.78, 5) is 37.0. The number of hydrogen-bond acceptors (Lipinski definition) is 5. The summed E-state index contributed by atoms with van der Waals surface area (Å²) in [6.45, 7) is 0. The van der Waals surface area contributed by atoms with Gasteiger partial charge in [-0.3, -0.25) is 19.6 Å². The molecule has 0 aliphatic carbocycles. The van der Waals surface area contributed by atoms with E-state index in [2.05, 4.69) is 15.0 Å². The van der Waals surface area contributed by atoms with Gasteiger partial charge in [-0.2, -0.15) is 4.98 Å². The molecular weight excluding hydrogens is 368 g/mol. The van der Waals surface area contributed by atoms with Gasteiger partial charge < -0.3 is 9.64 Å². The van der Waals surface area contributed by atoms with E-state index in [9.17, 15) is 9.59 Å². The Morgan fingerprint density at radius 2 is 1.83 bits per heavy atom. The van der Waals surface area contributed by atoms with Gasteiger partial charge in [-0.1, -0.05) is 30.3 Å². The number of anilines is 1. The molecule has 0 atom stereocenters. The second-order valence-electron chi connectivity index (χ2n) is 6.47. The molecule has 0 unspecified atom stereocenters. The molecule has 29 heavy (non-hydrogen) atoms. The molecule has 0 saturated heterocycles. The Morgan fingerprint density at radius 1 is 1.07 bits per heavy atom. The average Bonchev–Trinajstić information content (AvgIpc) is 2.74. The molecule has 0 radical (unpaired) electrons. The van der Waals surface area contributed by atoms with Crippen LogP contribution in [0.4, 0.5) is 5.69 Å². The molecule has 7 heteroatoms. The van der Waals surface area contributed by atoms with Crippen molar-refractivity contribution in [2.45, 2.75) is 6.42 Å². The predicted molar refractivity (Wildman–Crippen MR) is 110 cm³/mol. The van der Waals surface area contributed by atoms with Crippen LogP contribution in [0, 0.1) is 0 Å². The highest BCUT2D eigenvalue weighted by atomic mass is 16.5. The van der Waals surface area contributed by atoms with Gasteiger partial charge in [0.25, 0.3) is 5.56 Å². The lowest BCUT2D eigenvalue weighted by molar-refractivity contribution is -0.117. The second-order valence-corrected chi connectivity index (χ2v) is 6.47. The van der Waals surface area contributed by atoms with Gasteiger partial charge in [0.15, 0.2) is 0 Å². The Hall–Kier alpha value is -4.00. The largest absolute Gasteiger partial charge is 0.426 e. The smallest absolute Gasteiger partial charge is 0.302 e. The lowest BCUT2D eigenvalue weighted by Crippen LogP contribution is -2.27. The van der Waals surface area contributed by atoms with E-state index in [0.29, 0.717) is 23.1 Å². The van der Waals surface area contributed by atoms with E-state index < -0.39 is 0 Å². The highest BCUT2D eigenvalue weighted by Crippen LogP contribution is 2.22. The molecule has 1 N–H and O–H groups in total. The first-order valence-corrected chi connectivity index (χ1v) is 9.02. The van der Waals surface area contributed by atoms with Crippen molar-refractivity contribution < 1.29 is 9.53 Å². The number of benzene rings is 2. The van der Waals surface area contributed by atoms with Crippen molar-refractivity contribution in [1.29, 1.82) is 0 Å². The van der Waals surface area contributed by atoms with Crippen LogP contribution in [0.5, 0.6) is 11.8 Å². The first-order chi connectivity index (χ1) is 14.1. The minimum atomic E-state index is -0.296. The standard InChI is InChI=1S/C22H18N4O3/c1-26(20(27)13-15-5-3-2-4-6-15)16-7-9-17(10-8-16)29-22-24-19-14-23-12-11-18(19)21(28)25-22/h2-12,14H,13H2,1H3,(H,24,25,28). The fourth-order valence-electron chi connectivity index (χ4n) is 2.90. The number of ether oxygens (including phenoxy) is 1. The summed E-state index contributed by atoms with van der Waals surface area (Å²) < 4.78 is 5.66. The first-order valence-electron chi connectivity index (χ1n) is 9.02. The molecule has 7 nitrogen and oxygen atoms in total. The van der Waals surface area contributed by atoms with Crippen LogP contribution in [0.25, 0.3) is 10.9 Å². The molecule has 4 aromatic rings. The van der Waals surface area contributed by atoms with E-state index in [4.69, 9.17) is 4.74 Å².